The number of anilines is 2. The number of carbonyl (C=O) groups is 1. The molecule has 2 amide bonds. The molecule has 0 aliphatic rings. The van der Waals surface area contributed by atoms with E-state index in [1.807, 2.05) is 0 Å². The molecule has 0 saturated heterocycles. The number of urea groups is 1. The van der Waals surface area contributed by atoms with Crippen LogP contribution in [-0.2, 0) is 0 Å². The van der Waals surface area contributed by atoms with Gasteiger partial charge in [0, 0.05) is 5.69 Å². The Hall–Kier alpha value is -2.27. The zero-order valence-corrected chi connectivity index (χ0v) is 10.5. The first kappa shape index (κ1) is 13.2. The third-order valence-electron chi connectivity index (χ3n) is 2.27. The summed E-state index contributed by atoms with van der Waals surface area (Å²) in [7, 11) is 0. The molecule has 0 fully saturated rings. The Kier molecular flexibility index (Phi) is 4.20. The molecule has 0 aromatic heterocycles. The highest BCUT2D eigenvalue weighted by molar-refractivity contribution is 6.33. The monoisotopic (exact) mass is 279 g/mol. The minimum absolute atomic E-state index is 0.360. The quantitative estimate of drug-likeness (QED) is 0.752. The van der Waals surface area contributed by atoms with Crippen molar-refractivity contribution in [1.82, 2.24) is 5.43 Å². The first-order chi connectivity index (χ1) is 9.15. The summed E-state index contributed by atoms with van der Waals surface area (Å²) in [6, 6.07) is 12.0. The summed E-state index contributed by atoms with van der Waals surface area (Å²) in [5.41, 5.74) is 5.99. The second-order valence-corrected chi connectivity index (χ2v) is 4.10. The van der Waals surface area contributed by atoms with Gasteiger partial charge in [-0.05, 0) is 30.3 Å². The largest absolute Gasteiger partial charge is 0.337 e. The number of amides is 2. The molecule has 2 aromatic carbocycles. The van der Waals surface area contributed by atoms with Crippen molar-refractivity contribution in [2.45, 2.75) is 0 Å². The standard InChI is InChI=1S/C13H11ClFN3O/c14-11-6-1-2-7-12(11)17-18-13(19)16-10-5-3-4-9(15)8-10/h1-8,17H,(H2,16,18,19). The Morgan fingerprint density at radius 3 is 2.63 bits per heavy atom. The van der Waals surface area contributed by atoms with Crippen molar-refractivity contribution < 1.29 is 9.18 Å². The van der Waals surface area contributed by atoms with Crippen LogP contribution in [0.15, 0.2) is 48.5 Å². The number of hydrogen-bond acceptors (Lipinski definition) is 2. The molecule has 0 aliphatic carbocycles. The molecule has 4 nitrogen and oxygen atoms in total. The van der Waals surface area contributed by atoms with Crippen molar-refractivity contribution in [1.29, 1.82) is 0 Å². The minimum atomic E-state index is -0.523. The smallest absolute Gasteiger partial charge is 0.306 e. The van der Waals surface area contributed by atoms with E-state index in [9.17, 15) is 9.18 Å². The van der Waals surface area contributed by atoms with Gasteiger partial charge in [-0.15, -0.1) is 0 Å². The topological polar surface area (TPSA) is 53.2 Å². The number of para-hydroxylation sites is 1. The molecule has 3 N–H and O–H groups in total. The fourth-order valence-electron chi connectivity index (χ4n) is 1.42. The lowest BCUT2D eigenvalue weighted by atomic mass is 10.3. The van der Waals surface area contributed by atoms with Crippen LogP contribution in [0.25, 0.3) is 0 Å². The summed E-state index contributed by atoms with van der Waals surface area (Å²) in [6.45, 7) is 0. The lowest BCUT2D eigenvalue weighted by Gasteiger charge is -2.10. The molecule has 98 valence electrons. The average molecular weight is 280 g/mol. The molecule has 0 unspecified atom stereocenters. The molecule has 0 heterocycles. The maximum atomic E-state index is 12.9. The summed E-state index contributed by atoms with van der Waals surface area (Å²) in [6.07, 6.45) is 0. The number of carbonyl (C=O) groups excluding carboxylic acids is 1. The zero-order valence-electron chi connectivity index (χ0n) is 9.78. The van der Waals surface area contributed by atoms with Crippen LogP contribution in [0, 0.1) is 5.82 Å². The van der Waals surface area contributed by atoms with E-state index in [4.69, 9.17) is 11.6 Å². The number of halogens is 2. The van der Waals surface area contributed by atoms with Crippen LogP contribution in [0.4, 0.5) is 20.6 Å². The number of nitrogens with one attached hydrogen (secondary N) is 3. The molecule has 2 aromatic rings. The van der Waals surface area contributed by atoms with Gasteiger partial charge in [-0.25, -0.2) is 9.18 Å². The van der Waals surface area contributed by atoms with E-state index in [0.717, 1.165) is 0 Å². The summed E-state index contributed by atoms with van der Waals surface area (Å²) >= 11 is 5.90. The van der Waals surface area contributed by atoms with Gasteiger partial charge in [0.05, 0.1) is 10.7 Å². The van der Waals surface area contributed by atoms with E-state index in [0.29, 0.717) is 16.4 Å². The van der Waals surface area contributed by atoms with Crippen LogP contribution in [0.1, 0.15) is 0 Å². The van der Waals surface area contributed by atoms with Gasteiger partial charge < -0.3 is 5.32 Å². The maximum absolute atomic E-state index is 12.9. The van der Waals surface area contributed by atoms with Crippen LogP contribution >= 0.6 is 11.6 Å². The van der Waals surface area contributed by atoms with Gasteiger partial charge in [-0.2, -0.15) is 0 Å². The third kappa shape index (κ3) is 3.86. The van der Waals surface area contributed by atoms with Crippen LogP contribution < -0.4 is 16.2 Å². The second-order valence-electron chi connectivity index (χ2n) is 3.69. The zero-order chi connectivity index (χ0) is 13.7. The lowest BCUT2D eigenvalue weighted by Crippen LogP contribution is -2.33. The molecule has 0 atom stereocenters. The van der Waals surface area contributed by atoms with E-state index in [-0.39, 0.29) is 0 Å². The number of hydrazine groups is 1. The van der Waals surface area contributed by atoms with Gasteiger partial charge in [-0.1, -0.05) is 29.8 Å². The summed E-state index contributed by atoms with van der Waals surface area (Å²) < 4.78 is 12.9. The maximum Gasteiger partial charge on any atom is 0.337 e. The Bertz CT molecular complexity index is 592. The molecule has 6 heteroatoms. The normalized spacial score (nSPS) is 9.79. The van der Waals surface area contributed by atoms with Gasteiger partial charge in [0.1, 0.15) is 5.82 Å². The highest BCUT2D eigenvalue weighted by atomic mass is 35.5. The third-order valence-corrected chi connectivity index (χ3v) is 2.60. The number of hydrogen-bond donors (Lipinski definition) is 3. The molecule has 0 radical (unpaired) electrons. The molecule has 0 bridgehead atoms. The molecule has 0 saturated carbocycles. The predicted octanol–water partition coefficient (Wildman–Crippen LogP) is 3.63. The van der Waals surface area contributed by atoms with Crippen molar-refractivity contribution in [3.05, 3.63) is 59.4 Å². The van der Waals surface area contributed by atoms with E-state index in [1.165, 1.54) is 18.2 Å². The molecule has 19 heavy (non-hydrogen) atoms. The molecule has 2 rings (SSSR count). The van der Waals surface area contributed by atoms with Crippen LogP contribution in [0.2, 0.25) is 5.02 Å². The van der Waals surface area contributed by atoms with E-state index in [2.05, 4.69) is 16.2 Å². The Balaban J connectivity index is 1.90. The van der Waals surface area contributed by atoms with E-state index in [1.54, 1.807) is 30.3 Å². The highest BCUT2D eigenvalue weighted by Crippen LogP contribution is 2.19. The van der Waals surface area contributed by atoms with Crippen LogP contribution in [-0.4, -0.2) is 6.03 Å². The average Bonchev–Trinajstić information content (AvgIpc) is 2.38. The Labute approximate surface area is 114 Å². The van der Waals surface area contributed by atoms with Gasteiger partial charge in [0.25, 0.3) is 0 Å². The predicted molar refractivity (Wildman–Crippen MR) is 73.6 cm³/mol. The summed E-state index contributed by atoms with van der Waals surface area (Å²) in [5, 5.41) is 2.96. The Morgan fingerprint density at radius 1 is 1.11 bits per heavy atom. The second kappa shape index (κ2) is 6.06. The van der Waals surface area contributed by atoms with Crippen molar-refractivity contribution in [2.24, 2.45) is 0 Å². The molecular formula is C13H11ClFN3O. The van der Waals surface area contributed by atoms with Gasteiger partial charge in [0.15, 0.2) is 0 Å². The van der Waals surface area contributed by atoms with E-state index >= 15 is 0 Å². The number of rotatable bonds is 3. The first-order valence-electron chi connectivity index (χ1n) is 5.48. The van der Waals surface area contributed by atoms with Gasteiger partial charge in [-0.3, -0.25) is 10.9 Å². The van der Waals surface area contributed by atoms with Crippen molar-refractivity contribution in [2.75, 3.05) is 10.7 Å². The summed E-state index contributed by atoms with van der Waals surface area (Å²) in [5.74, 6) is -0.420. The Morgan fingerprint density at radius 2 is 1.89 bits per heavy atom. The first-order valence-corrected chi connectivity index (χ1v) is 5.86. The minimum Gasteiger partial charge on any atom is -0.306 e. The fourth-order valence-corrected chi connectivity index (χ4v) is 1.60. The fraction of sp³-hybridized carbons (Fsp3) is 0. The van der Waals surface area contributed by atoms with Crippen molar-refractivity contribution in [3.8, 4) is 0 Å². The summed E-state index contributed by atoms with van der Waals surface area (Å²) in [4.78, 5) is 11.6. The lowest BCUT2D eigenvalue weighted by molar-refractivity contribution is 0.254. The van der Waals surface area contributed by atoms with Crippen molar-refractivity contribution in [3.63, 3.8) is 0 Å². The van der Waals surface area contributed by atoms with Crippen LogP contribution in [0.3, 0.4) is 0 Å². The molecule has 0 spiro atoms. The van der Waals surface area contributed by atoms with Gasteiger partial charge in [0.2, 0.25) is 0 Å². The van der Waals surface area contributed by atoms with Gasteiger partial charge >= 0.3 is 6.03 Å². The van der Waals surface area contributed by atoms with Crippen LogP contribution in [0.5, 0.6) is 0 Å². The highest BCUT2D eigenvalue weighted by Gasteiger charge is 2.03. The molecule has 0 aliphatic heterocycles. The SMILES string of the molecule is O=C(NNc1ccccc1Cl)Nc1cccc(F)c1. The molecular weight excluding hydrogens is 269 g/mol. The van der Waals surface area contributed by atoms with Crippen molar-refractivity contribution >= 4 is 29.0 Å². The number of benzene rings is 2. The van der Waals surface area contributed by atoms with E-state index < -0.39 is 11.8 Å².